The van der Waals surface area contributed by atoms with Crippen LogP contribution in [0.3, 0.4) is 0 Å². The fourth-order valence-electron chi connectivity index (χ4n) is 0.158. The Bertz CT molecular complexity index is 19.2. The van der Waals surface area contributed by atoms with Crippen LogP contribution >= 0.6 is 12.4 Å². The normalized spacial score (nSPS) is 6.00. The average molecular weight is 137 g/mol. The quantitative estimate of drug-likeness (QED) is 0.542. The van der Waals surface area contributed by atoms with Crippen molar-refractivity contribution in [1.82, 2.24) is 0 Å². The molecule has 1 N–H and O–H groups in total. The maximum absolute atomic E-state index is 8.07. The van der Waals surface area contributed by atoms with Crippen molar-refractivity contribution < 1.29 is 5.11 Å². The minimum Gasteiger partial charge on any atom is -0.396 e. The third-order valence-electron chi connectivity index (χ3n) is 0.512. The molecule has 0 heterocycles. The predicted molar refractivity (Wildman–Crippen MR) is 37.8 cm³/mol. The number of rotatable bonds is 2. The predicted octanol–water partition coefficient (Wildman–Crippen LogP) is 0.284. The van der Waals surface area contributed by atoms with Crippen LogP contribution in [-0.2, 0) is 0 Å². The summed E-state index contributed by atoms with van der Waals surface area (Å²) in [5.41, 5.74) is 0. The van der Waals surface area contributed by atoms with E-state index in [0.29, 0.717) is 6.61 Å². The van der Waals surface area contributed by atoms with Crippen LogP contribution in [0.5, 0.6) is 0 Å². The number of hydrogen-bond acceptors (Lipinski definition) is 1. The van der Waals surface area contributed by atoms with Crippen LogP contribution in [-0.4, -0.2) is 34.8 Å². The van der Waals surface area contributed by atoms with E-state index in [1.807, 2.05) is 0 Å². The monoisotopic (exact) mass is 136 g/mol. The highest BCUT2D eigenvalue weighted by Crippen LogP contribution is 1.78. The standard InChI is InChI=1S/C4H10O.ClH.Mg.2H/c1-2-3-4-5;;;;/h5H,2-4H2,1H3;1H;;;. The van der Waals surface area contributed by atoms with Crippen LogP contribution < -0.4 is 0 Å². The zero-order valence-corrected chi connectivity index (χ0v) is 4.79. The Labute approximate surface area is 67.1 Å². The van der Waals surface area contributed by atoms with Crippen molar-refractivity contribution in [3.8, 4) is 0 Å². The number of aliphatic hydroxyl groups excluding tert-OH is 1. The fraction of sp³-hybridized carbons (Fsp3) is 1.00. The summed E-state index contributed by atoms with van der Waals surface area (Å²) in [6, 6.07) is 0. The summed E-state index contributed by atoms with van der Waals surface area (Å²) in [6.07, 6.45) is 2.04. The van der Waals surface area contributed by atoms with Gasteiger partial charge >= 0.3 is 23.1 Å². The molecule has 0 saturated carbocycles. The minimum atomic E-state index is 0. The number of halogens is 1. The van der Waals surface area contributed by atoms with Crippen molar-refractivity contribution in [2.45, 2.75) is 19.8 Å². The molecule has 0 aliphatic carbocycles. The first kappa shape index (κ1) is 15.7. The van der Waals surface area contributed by atoms with Gasteiger partial charge in [0.05, 0.1) is 0 Å². The van der Waals surface area contributed by atoms with E-state index in [-0.39, 0.29) is 35.5 Å². The molecule has 0 radical (unpaired) electrons. The Balaban J connectivity index is -0.0000000800. The topological polar surface area (TPSA) is 20.2 Å². The molecule has 44 valence electrons. The van der Waals surface area contributed by atoms with Crippen molar-refractivity contribution in [3.63, 3.8) is 0 Å². The highest BCUT2D eigenvalue weighted by Gasteiger charge is 1.69. The lowest BCUT2D eigenvalue weighted by molar-refractivity contribution is 0.287. The van der Waals surface area contributed by atoms with E-state index < -0.39 is 0 Å². The molecule has 0 aromatic rings. The van der Waals surface area contributed by atoms with E-state index in [4.69, 9.17) is 5.11 Å². The molecule has 0 aromatic carbocycles. The summed E-state index contributed by atoms with van der Waals surface area (Å²) in [5, 5.41) is 8.07. The van der Waals surface area contributed by atoms with E-state index in [2.05, 4.69) is 6.92 Å². The van der Waals surface area contributed by atoms with Crippen LogP contribution in [0.1, 0.15) is 19.8 Å². The zero-order chi connectivity index (χ0) is 4.12. The molecule has 0 fully saturated rings. The van der Waals surface area contributed by atoms with E-state index >= 15 is 0 Å². The van der Waals surface area contributed by atoms with Gasteiger partial charge in [-0.15, -0.1) is 12.4 Å². The lowest BCUT2D eigenvalue weighted by atomic mass is 10.4. The van der Waals surface area contributed by atoms with Crippen LogP contribution in [0.25, 0.3) is 0 Å². The molecule has 0 amide bonds. The van der Waals surface area contributed by atoms with E-state index in [9.17, 15) is 0 Å². The van der Waals surface area contributed by atoms with Gasteiger partial charge < -0.3 is 5.11 Å². The summed E-state index contributed by atoms with van der Waals surface area (Å²) in [7, 11) is 0. The van der Waals surface area contributed by atoms with Crippen LogP contribution in [0.4, 0.5) is 0 Å². The van der Waals surface area contributed by atoms with E-state index in [0.717, 1.165) is 12.8 Å². The molecule has 0 unspecified atom stereocenters. The molecule has 0 aliphatic rings. The molecule has 0 aliphatic heterocycles. The number of unbranched alkanes of at least 4 members (excludes halogenated alkanes) is 1. The smallest absolute Gasteiger partial charge is 0.316 e. The van der Waals surface area contributed by atoms with Crippen molar-refractivity contribution in [3.05, 3.63) is 0 Å². The Hall–Kier alpha value is 1.02. The van der Waals surface area contributed by atoms with Gasteiger partial charge in [0.15, 0.2) is 0 Å². The van der Waals surface area contributed by atoms with Crippen LogP contribution in [0.15, 0.2) is 0 Å². The fourth-order valence-corrected chi connectivity index (χ4v) is 0.158. The van der Waals surface area contributed by atoms with E-state index in [1.54, 1.807) is 0 Å². The molecule has 0 aromatic heterocycles. The van der Waals surface area contributed by atoms with Gasteiger partial charge in [0, 0.05) is 6.61 Å². The molecule has 7 heavy (non-hydrogen) atoms. The van der Waals surface area contributed by atoms with Gasteiger partial charge in [-0.25, -0.2) is 0 Å². The van der Waals surface area contributed by atoms with Crippen molar-refractivity contribution >= 4 is 35.5 Å². The molecule has 0 bridgehead atoms. The maximum atomic E-state index is 8.07. The Kier molecular flexibility index (Phi) is 35.3. The van der Waals surface area contributed by atoms with Gasteiger partial charge in [-0.05, 0) is 6.42 Å². The molecular weight excluding hydrogens is 124 g/mol. The first-order chi connectivity index (χ1) is 2.41. The van der Waals surface area contributed by atoms with Crippen molar-refractivity contribution in [2.75, 3.05) is 6.61 Å². The van der Waals surface area contributed by atoms with Gasteiger partial charge in [0.25, 0.3) is 0 Å². The average Bonchev–Trinajstić information content (AvgIpc) is 1.41. The van der Waals surface area contributed by atoms with Crippen LogP contribution in [0.2, 0.25) is 0 Å². The Morgan fingerprint density at radius 1 is 1.43 bits per heavy atom. The minimum absolute atomic E-state index is 0. The second-order valence-electron chi connectivity index (χ2n) is 1.08. The molecule has 0 atom stereocenters. The molecule has 0 spiro atoms. The van der Waals surface area contributed by atoms with E-state index in [1.165, 1.54) is 0 Å². The summed E-state index contributed by atoms with van der Waals surface area (Å²) in [4.78, 5) is 0. The van der Waals surface area contributed by atoms with Gasteiger partial charge in [0.2, 0.25) is 0 Å². The summed E-state index contributed by atoms with van der Waals surface area (Å²) in [6.45, 7) is 2.40. The highest BCUT2D eigenvalue weighted by molar-refractivity contribution is 5.85. The van der Waals surface area contributed by atoms with Gasteiger partial charge in [-0.3, -0.25) is 0 Å². The number of hydrogen-bond donors (Lipinski definition) is 1. The lowest BCUT2D eigenvalue weighted by Crippen LogP contribution is -1.75. The van der Waals surface area contributed by atoms with Gasteiger partial charge in [-0.1, -0.05) is 13.3 Å². The largest absolute Gasteiger partial charge is 0.396 e. The Morgan fingerprint density at radius 3 is 1.86 bits per heavy atom. The third-order valence-corrected chi connectivity index (χ3v) is 0.512. The highest BCUT2D eigenvalue weighted by atomic mass is 35.5. The molecular formula is C4H13ClMgO. The van der Waals surface area contributed by atoms with Gasteiger partial charge in [0.1, 0.15) is 0 Å². The first-order valence-corrected chi connectivity index (χ1v) is 2.02. The lowest BCUT2D eigenvalue weighted by Gasteiger charge is -1.79. The Morgan fingerprint density at radius 2 is 1.86 bits per heavy atom. The number of aliphatic hydroxyl groups is 1. The molecule has 3 heteroatoms. The molecule has 1 nitrogen and oxygen atoms in total. The third kappa shape index (κ3) is 19.4. The second kappa shape index (κ2) is 15.7. The SMILES string of the molecule is CCCCO.Cl.[MgH2]. The summed E-state index contributed by atoms with van der Waals surface area (Å²) < 4.78 is 0. The zero-order valence-electron chi connectivity index (χ0n) is 3.98. The molecule has 0 saturated heterocycles. The second-order valence-corrected chi connectivity index (χ2v) is 1.08. The molecule has 0 rings (SSSR count). The van der Waals surface area contributed by atoms with Gasteiger partial charge in [-0.2, -0.15) is 0 Å². The summed E-state index contributed by atoms with van der Waals surface area (Å²) >= 11 is 0. The van der Waals surface area contributed by atoms with Crippen molar-refractivity contribution in [1.29, 1.82) is 0 Å². The van der Waals surface area contributed by atoms with Crippen molar-refractivity contribution in [2.24, 2.45) is 0 Å². The first-order valence-electron chi connectivity index (χ1n) is 2.02. The summed E-state index contributed by atoms with van der Waals surface area (Å²) in [5.74, 6) is 0. The van der Waals surface area contributed by atoms with Crippen LogP contribution in [0, 0.1) is 0 Å². The maximum Gasteiger partial charge on any atom is 0.316 e.